The molecule has 1 atom stereocenters. The van der Waals surface area contributed by atoms with Crippen LogP contribution < -0.4 is 5.32 Å². The first-order valence-electron chi connectivity index (χ1n) is 4.08. The molecule has 0 rings (SSSR count). The Morgan fingerprint density at radius 2 is 1.79 bits per heavy atom. The first-order chi connectivity index (χ1) is 6.20. The Bertz CT molecular complexity index is 257. The van der Waals surface area contributed by atoms with E-state index in [1.54, 1.807) is 20.8 Å². The summed E-state index contributed by atoms with van der Waals surface area (Å²) in [6.45, 7) is 5.39. The molecule has 0 saturated carbocycles. The molecule has 82 valence electrons. The van der Waals surface area contributed by atoms with E-state index >= 15 is 0 Å². The molecule has 0 bridgehead atoms. The maximum absolute atomic E-state index is 11.2. The number of carbonyl (C=O) groups excluding carboxylic acids is 1. The van der Waals surface area contributed by atoms with Crippen molar-refractivity contribution in [1.82, 2.24) is 5.32 Å². The molecular formula is C8H15NO4S. The van der Waals surface area contributed by atoms with Gasteiger partial charge in [0.05, 0.1) is 0 Å². The van der Waals surface area contributed by atoms with Gasteiger partial charge in [-0.2, -0.15) is 0 Å². The Balaban J connectivity index is 3.96. The van der Waals surface area contributed by atoms with Crippen molar-refractivity contribution < 1.29 is 18.9 Å². The highest BCUT2D eigenvalue weighted by molar-refractivity contribution is 7.86. The lowest BCUT2D eigenvalue weighted by atomic mass is 10.1. The quantitative estimate of drug-likeness (QED) is 0.684. The molecule has 0 aromatic heterocycles. The summed E-state index contributed by atoms with van der Waals surface area (Å²) >= 11 is 0. The molecule has 2 N–H and O–H groups in total. The van der Waals surface area contributed by atoms with E-state index in [-0.39, 0.29) is 11.3 Å². The minimum absolute atomic E-state index is 0.260. The summed E-state index contributed by atoms with van der Waals surface area (Å²) in [5.41, 5.74) is -0.384. The van der Waals surface area contributed by atoms with Gasteiger partial charge in [0.25, 0.3) is 0 Å². The fraction of sp³-hybridized carbons (Fsp3) is 0.750. The molecule has 0 aliphatic rings. The zero-order valence-electron chi connectivity index (χ0n) is 8.49. The SMILES string of the molecule is CC(C)(C)NC(=O)CS(=O)CC(=O)O. The summed E-state index contributed by atoms with van der Waals surface area (Å²) in [5.74, 6) is -2.30. The minimum atomic E-state index is -1.63. The van der Waals surface area contributed by atoms with Crippen molar-refractivity contribution in [3.05, 3.63) is 0 Å². The molecule has 0 aromatic carbocycles. The highest BCUT2D eigenvalue weighted by Gasteiger charge is 2.16. The smallest absolute Gasteiger partial charge is 0.316 e. The fourth-order valence-corrected chi connectivity index (χ4v) is 1.53. The zero-order valence-corrected chi connectivity index (χ0v) is 9.31. The highest BCUT2D eigenvalue weighted by Crippen LogP contribution is 1.98. The van der Waals surface area contributed by atoms with Gasteiger partial charge in [-0.1, -0.05) is 0 Å². The number of nitrogens with one attached hydrogen (secondary N) is 1. The predicted molar refractivity (Wildman–Crippen MR) is 53.4 cm³/mol. The van der Waals surface area contributed by atoms with Gasteiger partial charge in [0.15, 0.2) is 0 Å². The molecule has 1 amide bonds. The number of carbonyl (C=O) groups is 2. The lowest BCUT2D eigenvalue weighted by molar-refractivity contribution is -0.133. The normalized spacial score (nSPS) is 13.4. The molecule has 0 aliphatic carbocycles. The van der Waals surface area contributed by atoms with Gasteiger partial charge in [-0.05, 0) is 20.8 Å². The number of aliphatic carboxylic acids is 1. The van der Waals surface area contributed by atoms with Crippen LogP contribution in [0.1, 0.15) is 20.8 Å². The molecule has 0 heterocycles. The van der Waals surface area contributed by atoms with Crippen LogP contribution in [-0.4, -0.2) is 38.2 Å². The Kier molecular flexibility index (Phi) is 4.76. The maximum Gasteiger partial charge on any atom is 0.316 e. The van der Waals surface area contributed by atoms with E-state index in [1.807, 2.05) is 0 Å². The van der Waals surface area contributed by atoms with E-state index in [0.717, 1.165) is 0 Å². The van der Waals surface area contributed by atoms with E-state index in [2.05, 4.69) is 5.32 Å². The van der Waals surface area contributed by atoms with E-state index in [9.17, 15) is 13.8 Å². The van der Waals surface area contributed by atoms with Crippen LogP contribution in [0.3, 0.4) is 0 Å². The van der Waals surface area contributed by atoms with Gasteiger partial charge in [0.1, 0.15) is 11.5 Å². The minimum Gasteiger partial charge on any atom is -0.481 e. The van der Waals surface area contributed by atoms with Crippen LogP contribution in [0, 0.1) is 0 Å². The van der Waals surface area contributed by atoms with Gasteiger partial charge >= 0.3 is 5.97 Å². The number of hydrogen-bond donors (Lipinski definition) is 2. The average molecular weight is 221 g/mol. The van der Waals surface area contributed by atoms with Gasteiger partial charge in [-0.15, -0.1) is 0 Å². The van der Waals surface area contributed by atoms with E-state index in [1.165, 1.54) is 0 Å². The van der Waals surface area contributed by atoms with Crippen molar-refractivity contribution >= 4 is 22.7 Å². The van der Waals surface area contributed by atoms with Crippen molar-refractivity contribution in [1.29, 1.82) is 0 Å². The van der Waals surface area contributed by atoms with Crippen LogP contribution in [-0.2, 0) is 20.4 Å². The molecule has 0 aliphatic heterocycles. The highest BCUT2D eigenvalue weighted by atomic mass is 32.2. The molecule has 0 saturated heterocycles. The lowest BCUT2D eigenvalue weighted by Gasteiger charge is -2.20. The van der Waals surface area contributed by atoms with Crippen molar-refractivity contribution in [2.75, 3.05) is 11.5 Å². The Morgan fingerprint density at radius 3 is 2.14 bits per heavy atom. The number of hydrogen-bond acceptors (Lipinski definition) is 3. The Labute approximate surface area is 85.3 Å². The second-order valence-corrected chi connectivity index (χ2v) is 5.38. The van der Waals surface area contributed by atoms with Gasteiger partial charge in [-0.25, -0.2) is 0 Å². The largest absolute Gasteiger partial charge is 0.481 e. The van der Waals surface area contributed by atoms with E-state index in [0.29, 0.717) is 0 Å². The van der Waals surface area contributed by atoms with E-state index in [4.69, 9.17) is 5.11 Å². The van der Waals surface area contributed by atoms with Crippen molar-refractivity contribution in [3.8, 4) is 0 Å². The van der Waals surface area contributed by atoms with Gasteiger partial charge in [0, 0.05) is 16.3 Å². The van der Waals surface area contributed by atoms with Crippen molar-refractivity contribution in [3.63, 3.8) is 0 Å². The van der Waals surface area contributed by atoms with Crippen LogP contribution in [0.25, 0.3) is 0 Å². The van der Waals surface area contributed by atoms with Crippen LogP contribution >= 0.6 is 0 Å². The third-order valence-corrected chi connectivity index (χ3v) is 2.24. The summed E-state index contributed by atoms with van der Waals surface area (Å²) in [4.78, 5) is 21.3. The molecule has 0 radical (unpaired) electrons. The monoisotopic (exact) mass is 221 g/mol. The topological polar surface area (TPSA) is 83.5 Å². The maximum atomic E-state index is 11.2. The van der Waals surface area contributed by atoms with Gasteiger partial charge in [-0.3, -0.25) is 13.8 Å². The van der Waals surface area contributed by atoms with Crippen LogP contribution in [0.15, 0.2) is 0 Å². The Hall–Kier alpha value is -0.910. The number of carboxylic acid groups (broad SMARTS) is 1. The second-order valence-electron chi connectivity index (χ2n) is 3.92. The van der Waals surface area contributed by atoms with Crippen molar-refractivity contribution in [2.24, 2.45) is 0 Å². The number of carboxylic acids is 1. The lowest BCUT2D eigenvalue weighted by Crippen LogP contribution is -2.43. The van der Waals surface area contributed by atoms with Gasteiger partial charge < -0.3 is 10.4 Å². The van der Waals surface area contributed by atoms with Crippen LogP contribution in [0.5, 0.6) is 0 Å². The molecule has 1 unspecified atom stereocenters. The Morgan fingerprint density at radius 1 is 1.29 bits per heavy atom. The molecule has 0 spiro atoms. The molecule has 0 aromatic rings. The summed E-state index contributed by atoms with van der Waals surface area (Å²) in [6.07, 6.45) is 0. The molecule has 0 fully saturated rings. The van der Waals surface area contributed by atoms with Crippen LogP contribution in [0.4, 0.5) is 0 Å². The molecule has 6 heteroatoms. The van der Waals surface area contributed by atoms with E-state index < -0.39 is 28.4 Å². The first kappa shape index (κ1) is 13.1. The van der Waals surface area contributed by atoms with Gasteiger partial charge in [0.2, 0.25) is 5.91 Å². The summed E-state index contributed by atoms with van der Waals surface area (Å²) in [6, 6.07) is 0. The second kappa shape index (κ2) is 5.09. The predicted octanol–water partition coefficient (Wildman–Crippen LogP) is -0.266. The number of amides is 1. The molecule has 14 heavy (non-hydrogen) atoms. The standard InChI is InChI=1S/C8H15NO4S/c1-8(2,3)9-6(10)4-14(13)5-7(11)12/h4-5H2,1-3H3,(H,9,10)(H,11,12). The number of rotatable bonds is 4. The third-order valence-electron chi connectivity index (χ3n) is 1.09. The average Bonchev–Trinajstić information content (AvgIpc) is 1.77. The zero-order chi connectivity index (χ0) is 11.4. The molecule has 5 nitrogen and oxygen atoms in total. The summed E-state index contributed by atoms with van der Waals surface area (Å²) in [7, 11) is -1.63. The summed E-state index contributed by atoms with van der Waals surface area (Å²) < 4.78 is 11.0. The van der Waals surface area contributed by atoms with Crippen molar-refractivity contribution in [2.45, 2.75) is 26.3 Å². The first-order valence-corrected chi connectivity index (χ1v) is 5.57. The summed E-state index contributed by atoms with van der Waals surface area (Å²) in [5, 5.41) is 10.9. The fourth-order valence-electron chi connectivity index (χ4n) is 0.789. The third kappa shape index (κ3) is 7.72. The van der Waals surface area contributed by atoms with Crippen LogP contribution in [0.2, 0.25) is 0 Å². The molecular weight excluding hydrogens is 206 g/mol.